The van der Waals surface area contributed by atoms with Crippen molar-refractivity contribution in [2.24, 2.45) is 0 Å². The normalized spacial score (nSPS) is 10.5. The second kappa shape index (κ2) is 6.55. The van der Waals surface area contributed by atoms with Crippen molar-refractivity contribution in [3.05, 3.63) is 28.2 Å². The molecule has 5 nitrogen and oxygen atoms in total. The van der Waals surface area contributed by atoms with Crippen molar-refractivity contribution in [2.45, 2.75) is 18.5 Å². The molecule has 0 saturated carbocycles. The number of aromatic amines is 1. The number of aromatic nitrogens is 3. The third-order valence-corrected chi connectivity index (χ3v) is 3.87. The molecule has 2 rings (SSSR count). The Morgan fingerprint density at radius 2 is 2.50 bits per heavy atom. The van der Waals surface area contributed by atoms with Gasteiger partial charge >= 0.3 is 0 Å². The van der Waals surface area contributed by atoms with Gasteiger partial charge in [0.2, 0.25) is 11.1 Å². The zero-order chi connectivity index (χ0) is 12.8. The van der Waals surface area contributed by atoms with E-state index in [1.807, 2.05) is 24.4 Å². The summed E-state index contributed by atoms with van der Waals surface area (Å²) in [5, 5.41) is 12.4. The molecule has 2 aromatic heterocycles. The Morgan fingerprint density at radius 1 is 1.61 bits per heavy atom. The van der Waals surface area contributed by atoms with Crippen LogP contribution in [0.3, 0.4) is 0 Å². The first-order valence-electron chi connectivity index (χ1n) is 5.55. The SMILES string of the molecule is Cc1nc(SCCNC(=O)Cc2cccs2)n[nH]1. The first-order valence-corrected chi connectivity index (χ1v) is 7.41. The molecule has 0 aliphatic rings. The summed E-state index contributed by atoms with van der Waals surface area (Å²) in [6, 6.07) is 3.92. The fourth-order valence-corrected chi connectivity index (χ4v) is 2.76. The highest BCUT2D eigenvalue weighted by Crippen LogP contribution is 2.11. The molecule has 0 fully saturated rings. The van der Waals surface area contributed by atoms with Crippen molar-refractivity contribution >= 4 is 29.0 Å². The second-order valence-electron chi connectivity index (χ2n) is 3.66. The van der Waals surface area contributed by atoms with Crippen molar-refractivity contribution in [3.63, 3.8) is 0 Å². The molecule has 2 N–H and O–H groups in total. The lowest BCUT2D eigenvalue weighted by Crippen LogP contribution is -2.27. The van der Waals surface area contributed by atoms with Crippen molar-refractivity contribution in [3.8, 4) is 0 Å². The number of amides is 1. The van der Waals surface area contributed by atoms with E-state index in [0.717, 1.165) is 21.6 Å². The van der Waals surface area contributed by atoms with E-state index >= 15 is 0 Å². The number of nitrogens with zero attached hydrogens (tertiary/aromatic N) is 2. The molecule has 0 aromatic carbocycles. The minimum atomic E-state index is 0.0595. The average molecular weight is 282 g/mol. The van der Waals surface area contributed by atoms with Crippen molar-refractivity contribution in [2.75, 3.05) is 12.3 Å². The highest BCUT2D eigenvalue weighted by Gasteiger charge is 2.04. The molecular formula is C11H14N4OS2. The number of hydrogen-bond donors (Lipinski definition) is 2. The van der Waals surface area contributed by atoms with Gasteiger partial charge in [0.25, 0.3) is 0 Å². The summed E-state index contributed by atoms with van der Waals surface area (Å²) in [4.78, 5) is 16.8. The molecule has 0 radical (unpaired) electrons. The molecule has 2 heterocycles. The number of aryl methyl sites for hydroxylation is 1. The molecule has 0 saturated heterocycles. The molecule has 1 amide bonds. The number of H-pyrrole nitrogens is 1. The van der Waals surface area contributed by atoms with Gasteiger partial charge in [0.1, 0.15) is 5.82 Å². The summed E-state index contributed by atoms with van der Waals surface area (Å²) in [6.45, 7) is 2.49. The lowest BCUT2D eigenvalue weighted by molar-refractivity contribution is -0.120. The Bertz CT molecular complexity index is 495. The topological polar surface area (TPSA) is 70.7 Å². The molecule has 7 heteroatoms. The third kappa shape index (κ3) is 4.15. The van der Waals surface area contributed by atoms with Gasteiger partial charge in [-0.2, -0.15) is 0 Å². The van der Waals surface area contributed by atoms with Gasteiger partial charge in [-0.15, -0.1) is 16.4 Å². The Morgan fingerprint density at radius 3 is 3.17 bits per heavy atom. The van der Waals surface area contributed by atoms with Gasteiger partial charge in [-0.25, -0.2) is 4.98 Å². The van der Waals surface area contributed by atoms with Crippen LogP contribution in [0.4, 0.5) is 0 Å². The predicted octanol–water partition coefficient (Wildman–Crippen LogP) is 1.63. The minimum absolute atomic E-state index is 0.0595. The summed E-state index contributed by atoms with van der Waals surface area (Å²) < 4.78 is 0. The van der Waals surface area contributed by atoms with Crippen LogP contribution >= 0.6 is 23.1 Å². The van der Waals surface area contributed by atoms with Gasteiger partial charge in [-0.05, 0) is 18.4 Å². The highest BCUT2D eigenvalue weighted by molar-refractivity contribution is 7.99. The van der Waals surface area contributed by atoms with E-state index < -0.39 is 0 Å². The molecule has 0 bridgehead atoms. The van der Waals surface area contributed by atoms with Gasteiger partial charge in [-0.1, -0.05) is 17.8 Å². The summed E-state index contributed by atoms with van der Waals surface area (Å²) in [7, 11) is 0. The highest BCUT2D eigenvalue weighted by atomic mass is 32.2. The van der Waals surface area contributed by atoms with Gasteiger partial charge in [0.15, 0.2) is 0 Å². The zero-order valence-electron chi connectivity index (χ0n) is 9.97. The van der Waals surface area contributed by atoms with Crippen LogP contribution in [0, 0.1) is 6.92 Å². The van der Waals surface area contributed by atoms with Gasteiger partial charge in [0.05, 0.1) is 6.42 Å². The smallest absolute Gasteiger partial charge is 0.225 e. The van der Waals surface area contributed by atoms with Crippen LogP contribution in [0.25, 0.3) is 0 Å². The molecule has 96 valence electrons. The van der Waals surface area contributed by atoms with Crippen molar-refractivity contribution in [1.29, 1.82) is 0 Å². The first kappa shape index (κ1) is 13.1. The van der Waals surface area contributed by atoms with Crippen molar-refractivity contribution in [1.82, 2.24) is 20.5 Å². The molecular weight excluding hydrogens is 268 g/mol. The fourth-order valence-electron chi connectivity index (χ4n) is 1.35. The number of hydrogen-bond acceptors (Lipinski definition) is 5. The van der Waals surface area contributed by atoms with E-state index in [0.29, 0.717) is 13.0 Å². The van der Waals surface area contributed by atoms with Gasteiger partial charge in [0, 0.05) is 17.2 Å². The summed E-state index contributed by atoms with van der Waals surface area (Å²) >= 11 is 3.13. The average Bonchev–Trinajstić information content (AvgIpc) is 2.96. The Kier molecular flexibility index (Phi) is 4.77. The van der Waals surface area contributed by atoms with Crippen LogP contribution in [0.5, 0.6) is 0 Å². The fraction of sp³-hybridized carbons (Fsp3) is 0.364. The molecule has 0 atom stereocenters. The number of carbonyl (C=O) groups excluding carboxylic acids is 1. The van der Waals surface area contributed by atoms with E-state index in [-0.39, 0.29) is 5.91 Å². The quantitative estimate of drug-likeness (QED) is 0.624. The number of rotatable bonds is 6. The Labute approximate surface area is 113 Å². The predicted molar refractivity (Wildman–Crippen MR) is 72.9 cm³/mol. The standard InChI is InChI=1S/C11H14N4OS2/c1-8-13-11(15-14-8)18-6-4-12-10(16)7-9-3-2-5-17-9/h2-3,5H,4,6-7H2,1H3,(H,12,16)(H,13,14,15). The molecule has 0 unspecified atom stereocenters. The minimum Gasteiger partial charge on any atom is -0.355 e. The summed E-state index contributed by atoms with van der Waals surface area (Å²) in [6.07, 6.45) is 0.460. The van der Waals surface area contributed by atoms with E-state index in [1.54, 1.807) is 11.3 Å². The number of thiophene rings is 1. The molecule has 0 aliphatic carbocycles. The summed E-state index contributed by atoms with van der Waals surface area (Å²) in [5.41, 5.74) is 0. The molecule has 2 aromatic rings. The maximum absolute atomic E-state index is 11.6. The largest absolute Gasteiger partial charge is 0.355 e. The van der Waals surface area contributed by atoms with Gasteiger partial charge < -0.3 is 5.32 Å². The maximum Gasteiger partial charge on any atom is 0.225 e. The number of thioether (sulfide) groups is 1. The number of nitrogens with one attached hydrogen (secondary N) is 2. The summed E-state index contributed by atoms with van der Waals surface area (Å²) in [5.74, 6) is 1.64. The van der Waals surface area contributed by atoms with Gasteiger partial charge in [-0.3, -0.25) is 9.89 Å². The maximum atomic E-state index is 11.6. The number of carbonyl (C=O) groups is 1. The van der Waals surface area contributed by atoms with Crippen LogP contribution in [0.2, 0.25) is 0 Å². The second-order valence-corrected chi connectivity index (χ2v) is 5.75. The van der Waals surface area contributed by atoms with E-state index in [9.17, 15) is 4.79 Å². The lowest BCUT2D eigenvalue weighted by Gasteiger charge is -2.02. The zero-order valence-corrected chi connectivity index (χ0v) is 11.6. The van der Waals surface area contributed by atoms with Crippen LogP contribution < -0.4 is 5.32 Å². The molecule has 18 heavy (non-hydrogen) atoms. The Balaban J connectivity index is 1.62. The molecule has 0 aliphatic heterocycles. The van der Waals surface area contributed by atoms with E-state index in [2.05, 4.69) is 20.5 Å². The van der Waals surface area contributed by atoms with Crippen LogP contribution in [-0.2, 0) is 11.2 Å². The Hall–Kier alpha value is -1.34. The van der Waals surface area contributed by atoms with E-state index in [4.69, 9.17) is 0 Å². The monoisotopic (exact) mass is 282 g/mol. The van der Waals surface area contributed by atoms with Crippen molar-refractivity contribution < 1.29 is 4.79 Å². The van der Waals surface area contributed by atoms with Crippen LogP contribution in [0.1, 0.15) is 10.7 Å². The lowest BCUT2D eigenvalue weighted by atomic mass is 10.3. The third-order valence-electron chi connectivity index (χ3n) is 2.15. The van der Waals surface area contributed by atoms with Crippen LogP contribution in [0.15, 0.2) is 22.7 Å². The first-order chi connectivity index (χ1) is 8.74. The van der Waals surface area contributed by atoms with Crippen LogP contribution in [-0.4, -0.2) is 33.4 Å². The molecule has 0 spiro atoms. The van der Waals surface area contributed by atoms with E-state index in [1.165, 1.54) is 11.8 Å².